The van der Waals surface area contributed by atoms with Gasteiger partial charge in [0.25, 0.3) is 5.91 Å². The molecule has 1 atom stereocenters. The third-order valence-electron chi connectivity index (χ3n) is 4.98. The monoisotopic (exact) mass is 423 g/mol. The molecule has 11 heteroatoms. The first kappa shape index (κ1) is 20.0. The third kappa shape index (κ3) is 3.91. The fourth-order valence-corrected chi connectivity index (χ4v) is 3.47. The average Bonchev–Trinajstić information content (AvgIpc) is 3.35. The van der Waals surface area contributed by atoms with Crippen molar-refractivity contribution in [2.24, 2.45) is 7.05 Å². The second kappa shape index (κ2) is 7.54. The Hall–Kier alpha value is -3.24. The maximum absolute atomic E-state index is 13.1. The van der Waals surface area contributed by atoms with Gasteiger partial charge in [0.2, 0.25) is 5.89 Å². The molecule has 1 aliphatic rings. The van der Waals surface area contributed by atoms with E-state index in [9.17, 15) is 22.4 Å². The standard InChI is InChI=1S/C19H17F4N5O2/c1-27-15(9-14(26-27)11-4-6-13(20)7-5-11)17(29)28-8-2-3-12(10-28)16-24-25-18(30-16)19(21,22)23/h4-7,9,12H,2-3,8,10H2,1H3. The van der Waals surface area contributed by atoms with E-state index in [1.165, 1.54) is 21.7 Å². The molecule has 0 spiro atoms. The van der Waals surface area contributed by atoms with Crippen molar-refractivity contribution in [3.05, 3.63) is 53.6 Å². The highest BCUT2D eigenvalue weighted by Gasteiger charge is 2.39. The molecular formula is C19H17F4N5O2. The minimum atomic E-state index is -4.71. The predicted molar refractivity (Wildman–Crippen MR) is 95.8 cm³/mol. The van der Waals surface area contributed by atoms with Crippen LogP contribution < -0.4 is 0 Å². The molecular weight excluding hydrogens is 406 g/mol. The lowest BCUT2D eigenvalue weighted by molar-refractivity contribution is -0.157. The number of hydrogen-bond donors (Lipinski definition) is 0. The Bertz CT molecular complexity index is 1060. The zero-order valence-electron chi connectivity index (χ0n) is 15.9. The first-order chi connectivity index (χ1) is 14.2. The summed E-state index contributed by atoms with van der Waals surface area (Å²) in [4.78, 5) is 14.6. The van der Waals surface area contributed by atoms with E-state index in [2.05, 4.69) is 15.3 Å². The first-order valence-electron chi connectivity index (χ1n) is 9.22. The lowest BCUT2D eigenvalue weighted by Crippen LogP contribution is -2.40. The average molecular weight is 423 g/mol. The number of hydrogen-bond acceptors (Lipinski definition) is 5. The van der Waals surface area contributed by atoms with Gasteiger partial charge in [-0.2, -0.15) is 18.3 Å². The van der Waals surface area contributed by atoms with Crippen molar-refractivity contribution in [3.63, 3.8) is 0 Å². The molecule has 0 aliphatic carbocycles. The minimum Gasteiger partial charge on any atom is -0.417 e. The Morgan fingerprint density at radius 2 is 1.93 bits per heavy atom. The van der Waals surface area contributed by atoms with Crippen molar-refractivity contribution in [2.75, 3.05) is 13.1 Å². The van der Waals surface area contributed by atoms with E-state index < -0.39 is 18.0 Å². The molecule has 1 fully saturated rings. The summed E-state index contributed by atoms with van der Waals surface area (Å²) in [5, 5.41) is 10.9. The van der Waals surface area contributed by atoms with Crippen molar-refractivity contribution in [1.82, 2.24) is 24.9 Å². The number of benzene rings is 1. The summed E-state index contributed by atoms with van der Waals surface area (Å²) in [6.07, 6.45) is -3.58. The Morgan fingerprint density at radius 3 is 2.60 bits per heavy atom. The number of halogens is 4. The molecule has 1 aromatic carbocycles. The van der Waals surface area contributed by atoms with Gasteiger partial charge >= 0.3 is 12.1 Å². The van der Waals surface area contributed by atoms with Gasteiger partial charge < -0.3 is 9.32 Å². The number of nitrogens with zero attached hydrogens (tertiary/aromatic N) is 5. The Kier molecular flexibility index (Phi) is 5.04. The molecule has 0 saturated carbocycles. The van der Waals surface area contributed by atoms with Crippen LogP contribution in [0.15, 0.2) is 34.7 Å². The number of amides is 1. The van der Waals surface area contributed by atoms with Crippen LogP contribution in [0.3, 0.4) is 0 Å². The Labute approximate surface area is 168 Å². The summed E-state index contributed by atoms with van der Waals surface area (Å²) in [6.45, 7) is 0.613. The zero-order chi connectivity index (χ0) is 21.5. The number of rotatable bonds is 3. The second-order valence-corrected chi connectivity index (χ2v) is 7.08. The second-order valence-electron chi connectivity index (χ2n) is 7.08. The normalized spacial score (nSPS) is 17.4. The highest BCUT2D eigenvalue weighted by molar-refractivity contribution is 5.93. The summed E-state index contributed by atoms with van der Waals surface area (Å²) >= 11 is 0. The van der Waals surface area contributed by atoms with Gasteiger partial charge in [-0.1, -0.05) is 0 Å². The van der Waals surface area contributed by atoms with Crippen LogP contribution in [0, 0.1) is 5.82 Å². The van der Waals surface area contributed by atoms with Crippen LogP contribution in [0.1, 0.15) is 41.0 Å². The van der Waals surface area contributed by atoms with E-state index in [0.717, 1.165) is 0 Å². The van der Waals surface area contributed by atoms with Gasteiger partial charge in [0.1, 0.15) is 11.5 Å². The van der Waals surface area contributed by atoms with E-state index in [4.69, 9.17) is 4.42 Å². The first-order valence-corrected chi connectivity index (χ1v) is 9.22. The maximum atomic E-state index is 13.1. The molecule has 0 bridgehead atoms. The largest absolute Gasteiger partial charge is 0.470 e. The zero-order valence-corrected chi connectivity index (χ0v) is 15.9. The number of alkyl halides is 3. The molecule has 158 valence electrons. The molecule has 1 amide bonds. The molecule has 2 aromatic heterocycles. The predicted octanol–water partition coefficient (Wildman–Crippen LogP) is 3.65. The van der Waals surface area contributed by atoms with Gasteiger partial charge in [-0.3, -0.25) is 9.48 Å². The van der Waals surface area contributed by atoms with Gasteiger partial charge in [-0.15, -0.1) is 10.2 Å². The highest BCUT2D eigenvalue weighted by Crippen LogP contribution is 2.32. The van der Waals surface area contributed by atoms with Crippen molar-refractivity contribution < 1.29 is 26.8 Å². The van der Waals surface area contributed by atoms with Crippen LogP contribution in [0.25, 0.3) is 11.3 Å². The molecule has 3 heterocycles. The summed E-state index contributed by atoms with van der Waals surface area (Å²) in [7, 11) is 1.62. The van der Waals surface area contributed by atoms with E-state index in [1.54, 1.807) is 25.2 Å². The Balaban J connectivity index is 1.52. The van der Waals surface area contributed by atoms with Crippen molar-refractivity contribution in [3.8, 4) is 11.3 Å². The van der Waals surface area contributed by atoms with Crippen LogP contribution in [0.5, 0.6) is 0 Å². The number of likely N-dealkylation sites (tertiary alicyclic amines) is 1. The summed E-state index contributed by atoms with van der Waals surface area (Å²) in [5.41, 5.74) is 1.49. The summed E-state index contributed by atoms with van der Waals surface area (Å²) < 4.78 is 57.5. The topological polar surface area (TPSA) is 77.1 Å². The van der Waals surface area contributed by atoms with Gasteiger partial charge in [0.05, 0.1) is 11.6 Å². The molecule has 1 saturated heterocycles. The van der Waals surface area contributed by atoms with Crippen LogP contribution in [-0.4, -0.2) is 43.9 Å². The molecule has 1 aliphatic heterocycles. The molecule has 0 radical (unpaired) electrons. The summed E-state index contributed by atoms with van der Waals surface area (Å²) in [5.74, 6) is -2.68. The molecule has 7 nitrogen and oxygen atoms in total. The minimum absolute atomic E-state index is 0.128. The van der Waals surface area contributed by atoms with Gasteiger partial charge in [0, 0.05) is 25.7 Å². The number of aryl methyl sites for hydroxylation is 1. The smallest absolute Gasteiger partial charge is 0.417 e. The van der Waals surface area contributed by atoms with Gasteiger partial charge in [-0.25, -0.2) is 4.39 Å². The van der Waals surface area contributed by atoms with Crippen molar-refractivity contribution in [1.29, 1.82) is 0 Å². The number of carbonyl (C=O) groups excluding carboxylic acids is 1. The number of piperidine rings is 1. The quantitative estimate of drug-likeness (QED) is 0.601. The van der Waals surface area contributed by atoms with E-state index in [1.807, 2.05) is 0 Å². The molecule has 1 unspecified atom stereocenters. The van der Waals surface area contributed by atoms with E-state index >= 15 is 0 Å². The summed E-state index contributed by atoms with van der Waals surface area (Å²) in [6, 6.07) is 7.35. The number of aromatic nitrogens is 4. The molecule has 30 heavy (non-hydrogen) atoms. The van der Waals surface area contributed by atoms with Gasteiger partial charge in [0.15, 0.2) is 0 Å². The molecule has 0 N–H and O–H groups in total. The van der Waals surface area contributed by atoms with E-state index in [0.29, 0.717) is 36.3 Å². The lowest BCUT2D eigenvalue weighted by Gasteiger charge is -2.31. The van der Waals surface area contributed by atoms with Crippen LogP contribution in [0.4, 0.5) is 17.6 Å². The molecule has 3 aromatic rings. The Morgan fingerprint density at radius 1 is 1.20 bits per heavy atom. The van der Waals surface area contributed by atoms with Crippen molar-refractivity contribution >= 4 is 5.91 Å². The van der Waals surface area contributed by atoms with Crippen LogP contribution in [-0.2, 0) is 13.2 Å². The fourth-order valence-electron chi connectivity index (χ4n) is 3.47. The third-order valence-corrected chi connectivity index (χ3v) is 4.98. The SMILES string of the molecule is Cn1nc(-c2ccc(F)cc2)cc1C(=O)N1CCCC(c2nnc(C(F)(F)F)o2)C1. The fraction of sp³-hybridized carbons (Fsp3) is 0.368. The highest BCUT2D eigenvalue weighted by atomic mass is 19.4. The maximum Gasteiger partial charge on any atom is 0.470 e. The van der Waals surface area contributed by atoms with Gasteiger partial charge in [-0.05, 0) is 43.2 Å². The van der Waals surface area contributed by atoms with Crippen molar-refractivity contribution in [2.45, 2.75) is 24.9 Å². The lowest BCUT2D eigenvalue weighted by atomic mass is 9.97. The van der Waals surface area contributed by atoms with Crippen LogP contribution >= 0.6 is 0 Å². The van der Waals surface area contributed by atoms with Crippen LogP contribution in [0.2, 0.25) is 0 Å². The number of carbonyl (C=O) groups is 1. The van der Waals surface area contributed by atoms with E-state index in [-0.39, 0.29) is 24.2 Å². The molecule has 4 rings (SSSR count).